The lowest BCUT2D eigenvalue weighted by Crippen LogP contribution is -2.38. The third-order valence-electron chi connectivity index (χ3n) is 5.73. The van der Waals surface area contributed by atoms with Gasteiger partial charge in [0.15, 0.2) is 0 Å². The van der Waals surface area contributed by atoms with Crippen LogP contribution in [0.1, 0.15) is 30.4 Å². The first kappa shape index (κ1) is 20.1. The summed E-state index contributed by atoms with van der Waals surface area (Å²) in [7, 11) is 1.59. The van der Waals surface area contributed by atoms with Crippen LogP contribution >= 0.6 is 0 Å². The van der Waals surface area contributed by atoms with Crippen LogP contribution in [-0.2, 0) is 16.0 Å². The molecule has 0 unspecified atom stereocenters. The molecule has 1 saturated heterocycles. The highest BCUT2D eigenvalue weighted by atomic mass is 19.1. The number of methoxy groups -OCH3 is 1. The number of carbonyl (C=O) groups excluding carboxylic acids is 2. The van der Waals surface area contributed by atoms with Gasteiger partial charge in [0.2, 0.25) is 0 Å². The van der Waals surface area contributed by atoms with Crippen molar-refractivity contribution in [2.24, 2.45) is 0 Å². The number of imide groups is 1. The van der Waals surface area contributed by atoms with E-state index in [1.165, 1.54) is 17.0 Å². The Kier molecular flexibility index (Phi) is 5.84. The fraction of sp³-hybridized carbons (Fsp3) is 0.333. The van der Waals surface area contributed by atoms with Crippen molar-refractivity contribution in [3.05, 3.63) is 71.2 Å². The van der Waals surface area contributed by atoms with Crippen LogP contribution in [0.4, 0.5) is 4.39 Å². The van der Waals surface area contributed by atoms with Crippen molar-refractivity contribution in [2.75, 3.05) is 26.7 Å². The Balaban J connectivity index is 1.63. The van der Waals surface area contributed by atoms with Gasteiger partial charge < -0.3 is 9.64 Å². The first-order chi connectivity index (χ1) is 14.6. The van der Waals surface area contributed by atoms with Crippen LogP contribution in [0.3, 0.4) is 0 Å². The molecule has 0 saturated carbocycles. The van der Waals surface area contributed by atoms with E-state index >= 15 is 0 Å². The van der Waals surface area contributed by atoms with E-state index in [2.05, 4.69) is 4.90 Å². The standard InChI is InChI=1S/C24H25FN2O3/c1-30-20-11-7-18(8-12-20)21-22(26-14-3-2-4-15-26)24(29)27(23(21)28)16-13-17-5-9-19(25)10-6-17/h5-12H,2-4,13-16H2,1H3. The number of carbonyl (C=O) groups is 2. The molecule has 0 aliphatic carbocycles. The van der Waals surface area contributed by atoms with Gasteiger partial charge in [0.1, 0.15) is 17.3 Å². The Morgan fingerprint density at radius 2 is 1.57 bits per heavy atom. The van der Waals surface area contributed by atoms with Crippen LogP contribution in [0.25, 0.3) is 5.57 Å². The third-order valence-corrected chi connectivity index (χ3v) is 5.73. The number of hydrogen-bond donors (Lipinski definition) is 0. The van der Waals surface area contributed by atoms with Crippen molar-refractivity contribution in [3.8, 4) is 5.75 Å². The molecule has 0 bridgehead atoms. The largest absolute Gasteiger partial charge is 0.497 e. The average Bonchev–Trinajstić information content (AvgIpc) is 3.03. The Hall–Kier alpha value is -3.15. The SMILES string of the molecule is COc1ccc(C2=C(N3CCCCC3)C(=O)N(CCc3ccc(F)cc3)C2=O)cc1. The second-order valence-electron chi connectivity index (χ2n) is 7.64. The van der Waals surface area contributed by atoms with Gasteiger partial charge in [-0.05, 0) is 61.1 Å². The summed E-state index contributed by atoms with van der Waals surface area (Å²) in [5.74, 6) is -0.116. The minimum atomic E-state index is -0.303. The van der Waals surface area contributed by atoms with Gasteiger partial charge in [0.25, 0.3) is 11.8 Å². The second kappa shape index (κ2) is 8.69. The smallest absolute Gasteiger partial charge is 0.277 e. The molecule has 1 fully saturated rings. The van der Waals surface area contributed by atoms with Crippen LogP contribution < -0.4 is 4.74 Å². The van der Waals surface area contributed by atoms with Gasteiger partial charge in [0, 0.05) is 19.6 Å². The first-order valence-corrected chi connectivity index (χ1v) is 10.3. The molecule has 2 amide bonds. The summed E-state index contributed by atoms with van der Waals surface area (Å²) >= 11 is 0. The Morgan fingerprint density at radius 1 is 0.900 bits per heavy atom. The average molecular weight is 408 g/mol. The number of rotatable bonds is 6. The van der Waals surface area contributed by atoms with E-state index in [1.54, 1.807) is 31.4 Å². The zero-order chi connectivity index (χ0) is 21.1. The molecule has 2 aromatic rings. The van der Waals surface area contributed by atoms with Gasteiger partial charge in [0.05, 0.1) is 12.7 Å². The molecule has 0 radical (unpaired) electrons. The molecule has 2 aliphatic rings. The molecule has 2 heterocycles. The predicted molar refractivity (Wildman–Crippen MR) is 112 cm³/mol. The summed E-state index contributed by atoms with van der Waals surface area (Å²) in [6, 6.07) is 13.4. The minimum absolute atomic E-state index is 0.241. The van der Waals surface area contributed by atoms with Crippen molar-refractivity contribution in [2.45, 2.75) is 25.7 Å². The van der Waals surface area contributed by atoms with Crippen molar-refractivity contribution in [1.29, 1.82) is 0 Å². The van der Waals surface area contributed by atoms with Crippen molar-refractivity contribution in [3.63, 3.8) is 0 Å². The maximum absolute atomic E-state index is 13.3. The molecular weight excluding hydrogens is 383 g/mol. The number of nitrogens with zero attached hydrogens (tertiary/aromatic N) is 2. The monoisotopic (exact) mass is 408 g/mol. The number of amides is 2. The van der Waals surface area contributed by atoms with Crippen LogP contribution in [0, 0.1) is 5.82 Å². The molecular formula is C24H25FN2O3. The van der Waals surface area contributed by atoms with Crippen LogP contribution in [0.5, 0.6) is 5.75 Å². The fourth-order valence-corrected chi connectivity index (χ4v) is 4.09. The predicted octanol–water partition coefficient (Wildman–Crippen LogP) is 3.64. The Morgan fingerprint density at radius 3 is 2.20 bits per heavy atom. The molecule has 0 atom stereocenters. The number of likely N-dealkylation sites (tertiary alicyclic amines) is 1. The summed E-state index contributed by atoms with van der Waals surface area (Å²) in [6.45, 7) is 1.82. The van der Waals surface area contributed by atoms with Crippen molar-refractivity contribution < 1.29 is 18.7 Å². The molecule has 156 valence electrons. The van der Waals surface area contributed by atoms with E-state index < -0.39 is 0 Å². The topological polar surface area (TPSA) is 49.9 Å². The van der Waals surface area contributed by atoms with E-state index in [-0.39, 0.29) is 24.2 Å². The van der Waals surface area contributed by atoms with Crippen molar-refractivity contribution in [1.82, 2.24) is 9.80 Å². The number of benzene rings is 2. The van der Waals surface area contributed by atoms with E-state index in [4.69, 9.17) is 4.74 Å². The van der Waals surface area contributed by atoms with Gasteiger partial charge in [-0.2, -0.15) is 0 Å². The maximum atomic E-state index is 13.3. The Bertz CT molecular complexity index is 961. The number of ether oxygens (including phenoxy) is 1. The lowest BCUT2D eigenvalue weighted by molar-refractivity contribution is -0.137. The van der Waals surface area contributed by atoms with Crippen LogP contribution in [0.15, 0.2) is 54.2 Å². The molecule has 4 rings (SSSR count). The molecule has 5 nitrogen and oxygen atoms in total. The quantitative estimate of drug-likeness (QED) is 0.685. The van der Waals surface area contributed by atoms with Crippen LogP contribution in [0.2, 0.25) is 0 Å². The molecule has 30 heavy (non-hydrogen) atoms. The number of halogens is 1. The van der Waals surface area contributed by atoms with E-state index in [9.17, 15) is 14.0 Å². The second-order valence-corrected chi connectivity index (χ2v) is 7.64. The number of hydrogen-bond acceptors (Lipinski definition) is 4. The van der Waals surface area contributed by atoms with Gasteiger partial charge in [-0.1, -0.05) is 24.3 Å². The lowest BCUT2D eigenvalue weighted by atomic mass is 10.0. The molecule has 2 aliphatic heterocycles. The molecule has 0 N–H and O–H groups in total. The molecule has 6 heteroatoms. The van der Waals surface area contributed by atoms with E-state index in [1.807, 2.05) is 12.1 Å². The minimum Gasteiger partial charge on any atom is -0.497 e. The highest BCUT2D eigenvalue weighted by Crippen LogP contribution is 2.33. The van der Waals surface area contributed by atoms with Crippen molar-refractivity contribution >= 4 is 17.4 Å². The number of piperidine rings is 1. The van der Waals surface area contributed by atoms with Gasteiger partial charge in [-0.25, -0.2) is 4.39 Å². The summed E-state index contributed by atoms with van der Waals surface area (Å²) in [4.78, 5) is 30.0. The zero-order valence-electron chi connectivity index (χ0n) is 17.1. The van der Waals surface area contributed by atoms with E-state index in [0.717, 1.165) is 43.5 Å². The lowest BCUT2D eigenvalue weighted by Gasteiger charge is -2.29. The highest BCUT2D eigenvalue weighted by Gasteiger charge is 2.41. The maximum Gasteiger partial charge on any atom is 0.277 e. The summed E-state index contributed by atoms with van der Waals surface area (Å²) < 4.78 is 18.4. The molecule has 0 aromatic heterocycles. The first-order valence-electron chi connectivity index (χ1n) is 10.3. The highest BCUT2D eigenvalue weighted by molar-refractivity contribution is 6.35. The fourth-order valence-electron chi connectivity index (χ4n) is 4.09. The van der Waals surface area contributed by atoms with Gasteiger partial charge in [-0.3, -0.25) is 14.5 Å². The summed E-state index contributed by atoms with van der Waals surface area (Å²) in [5, 5.41) is 0. The summed E-state index contributed by atoms with van der Waals surface area (Å²) in [5.41, 5.74) is 2.57. The van der Waals surface area contributed by atoms with E-state index in [0.29, 0.717) is 23.4 Å². The Labute approximate surface area is 175 Å². The normalized spacial score (nSPS) is 17.1. The van der Waals surface area contributed by atoms with Gasteiger partial charge in [-0.15, -0.1) is 0 Å². The molecule has 2 aromatic carbocycles. The zero-order valence-corrected chi connectivity index (χ0v) is 17.1. The van der Waals surface area contributed by atoms with Gasteiger partial charge >= 0.3 is 0 Å². The summed E-state index contributed by atoms with van der Waals surface area (Å²) in [6.07, 6.45) is 3.64. The molecule has 0 spiro atoms. The third kappa shape index (κ3) is 3.95. The van der Waals surface area contributed by atoms with Crippen LogP contribution in [-0.4, -0.2) is 48.4 Å².